The van der Waals surface area contributed by atoms with Crippen molar-refractivity contribution in [1.82, 2.24) is 14.7 Å². The van der Waals surface area contributed by atoms with Crippen LogP contribution in [0.4, 0.5) is 0 Å². The Hall–Kier alpha value is -1.55. The summed E-state index contributed by atoms with van der Waals surface area (Å²) in [6.07, 6.45) is 0. The molecule has 0 fully saturated rings. The highest BCUT2D eigenvalue weighted by Gasteiger charge is 2.10. The molecule has 2 heterocycles. The van der Waals surface area contributed by atoms with E-state index in [0.29, 0.717) is 0 Å². The van der Waals surface area contributed by atoms with E-state index in [1.165, 1.54) is 0 Å². The zero-order chi connectivity index (χ0) is 11.5. The summed E-state index contributed by atoms with van der Waals surface area (Å²) in [6, 6.07) is 6.00. The van der Waals surface area contributed by atoms with Gasteiger partial charge in [-0.3, -0.25) is 4.40 Å². The smallest absolute Gasteiger partial charge is 0.199 e. The molecule has 86 valence electrons. The first-order valence-electron chi connectivity index (χ1n) is 5.49. The molecule has 0 aliphatic heterocycles. The second kappa shape index (κ2) is 4.53. The molecule has 4 nitrogen and oxygen atoms in total. The van der Waals surface area contributed by atoms with E-state index >= 15 is 0 Å². The second-order valence-corrected chi connectivity index (χ2v) is 3.67. The number of aromatic nitrogens is 2. The van der Waals surface area contributed by atoms with E-state index in [9.17, 15) is 0 Å². The normalized spacial score (nSPS) is 10.9. The maximum atomic E-state index is 5.33. The quantitative estimate of drug-likeness (QED) is 0.851. The third kappa shape index (κ3) is 1.76. The van der Waals surface area contributed by atoms with Crippen molar-refractivity contribution >= 4 is 5.52 Å². The number of pyridine rings is 1. The first-order valence-corrected chi connectivity index (χ1v) is 5.49. The van der Waals surface area contributed by atoms with E-state index < -0.39 is 0 Å². The van der Waals surface area contributed by atoms with Crippen molar-refractivity contribution in [3.8, 4) is 5.88 Å². The first-order chi connectivity index (χ1) is 7.77. The molecule has 0 aliphatic rings. The lowest BCUT2D eigenvalue weighted by Gasteiger charge is -2.05. The van der Waals surface area contributed by atoms with Gasteiger partial charge in [0.25, 0.3) is 0 Å². The van der Waals surface area contributed by atoms with Gasteiger partial charge in [0.15, 0.2) is 5.88 Å². The number of nitrogens with one attached hydrogen (secondary N) is 1. The lowest BCUT2D eigenvalue weighted by Crippen LogP contribution is -2.12. The molecule has 0 amide bonds. The molecule has 0 aromatic carbocycles. The standard InChI is InChI=1S/C12H17N3O/c1-4-13-8-10-11-6-5-7-12(16-3)15(11)9(2)14-10/h5-7,13H,4,8H2,1-3H3. The van der Waals surface area contributed by atoms with Gasteiger partial charge in [-0.15, -0.1) is 0 Å². The Balaban J connectivity index is 2.53. The summed E-state index contributed by atoms with van der Waals surface area (Å²) in [5.41, 5.74) is 2.18. The highest BCUT2D eigenvalue weighted by molar-refractivity contribution is 5.55. The Bertz CT molecular complexity index is 490. The van der Waals surface area contributed by atoms with Gasteiger partial charge < -0.3 is 10.1 Å². The van der Waals surface area contributed by atoms with E-state index in [2.05, 4.69) is 23.3 Å². The average molecular weight is 219 g/mol. The van der Waals surface area contributed by atoms with E-state index in [-0.39, 0.29) is 0 Å². The molecule has 1 N–H and O–H groups in total. The molecule has 2 rings (SSSR count). The van der Waals surface area contributed by atoms with Gasteiger partial charge in [0.2, 0.25) is 0 Å². The summed E-state index contributed by atoms with van der Waals surface area (Å²) in [5.74, 6) is 1.78. The van der Waals surface area contributed by atoms with E-state index in [0.717, 1.165) is 36.0 Å². The number of rotatable bonds is 4. The molecule has 0 bridgehead atoms. The number of methoxy groups -OCH3 is 1. The van der Waals surface area contributed by atoms with Crippen LogP contribution in [-0.4, -0.2) is 23.0 Å². The van der Waals surface area contributed by atoms with Gasteiger partial charge in [-0.1, -0.05) is 13.0 Å². The maximum Gasteiger partial charge on any atom is 0.199 e. The molecule has 0 saturated carbocycles. The van der Waals surface area contributed by atoms with Gasteiger partial charge in [-0.05, 0) is 25.6 Å². The SMILES string of the molecule is CCNCc1nc(C)n2c(OC)cccc12. The van der Waals surface area contributed by atoms with Crippen molar-refractivity contribution in [3.05, 3.63) is 29.7 Å². The van der Waals surface area contributed by atoms with Gasteiger partial charge in [-0.2, -0.15) is 0 Å². The summed E-state index contributed by atoms with van der Waals surface area (Å²) in [5, 5.41) is 3.29. The molecule has 16 heavy (non-hydrogen) atoms. The van der Waals surface area contributed by atoms with Gasteiger partial charge in [0.05, 0.1) is 18.3 Å². The molecule has 0 spiro atoms. The van der Waals surface area contributed by atoms with Crippen LogP contribution in [0.25, 0.3) is 5.52 Å². The Morgan fingerprint density at radius 1 is 1.44 bits per heavy atom. The number of imidazole rings is 1. The highest BCUT2D eigenvalue weighted by atomic mass is 16.5. The minimum Gasteiger partial charge on any atom is -0.482 e. The van der Waals surface area contributed by atoms with E-state index in [4.69, 9.17) is 4.74 Å². The average Bonchev–Trinajstić information content (AvgIpc) is 2.64. The number of hydrogen-bond acceptors (Lipinski definition) is 3. The van der Waals surface area contributed by atoms with Gasteiger partial charge in [0, 0.05) is 6.54 Å². The minimum atomic E-state index is 0.793. The Morgan fingerprint density at radius 3 is 2.94 bits per heavy atom. The summed E-state index contributed by atoms with van der Waals surface area (Å²) < 4.78 is 7.36. The lowest BCUT2D eigenvalue weighted by molar-refractivity contribution is 0.391. The van der Waals surface area contributed by atoms with Gasteiger partial charge in [0.1, 0.15) is 5.82 Å². The fraction of sp³-hybridized carbons (Fsp3) is 0.417. The van der Waals surface area contributed by atoms with Crippen LogP contribution in [0.15, 0.2) is 18.2 Å². The fourth-order valence-electron chi connectivity index (χ4n) is 1.88. The molecular weight excluding hydrogens is 202 g/mol. The molecule has 0 aliphatic carbocycles. The molecule has 0 saturated heterocycles. The molecule has 4 heteroatoms. The summed E-state index contributed by atoms with van der Waals surface area (Å²) in [4.78, 5) is 4.56. The van der Waals surface area contributed by atoms with Crippen molar-refractivity contribution in [2.75, 3.05) is 13.7 Å². The second-order valence-electron chi connectivity index (χ2n) is 3.67. The van der Waals surface area contributed by atoms with Gasteiger partial charge in [-0.25, -0.2) is 4.98 Å². The van der Waals surface area contributed by atoms with Crippen LogP contribution in [0.5, 0.6) is 5.88 Å². The van der Waals surface area contributed by atoms with Crippen LogP contribution < -0.4 is 10.1 Å². The number of nitrogens with zero attached hydrogens (tertiary/aromatic N) is 2. The van der Waals surface area contributed by atoms with E-state index in [1.807, 2.05) is 23.5 Å². The van der Waals surface area contributed by atoms with Crippen molar-refractivity contribution < 1.29 is 4.74 Å². The predicted octanol–water partition coefficient (Wildman–Crippen LogP) is 1.76. The number of hydrogen-bond donors (Lipinski definition) is 1. The number of aryl methyl sites for hydroxylation is 1. The highest BCUT2D eigenvalue weighted by Crippen LogP contribution is 2.20. The maximum absolute atomic E-state index is 5.33. The van der Waals surface area contributed by atoms with Crippen molar-refractivity contribution in [2.24, 2.45) is 0 Å². The monoisotopic (exact) mass is 219 g/mol. The van der Waals surface area contributed by atoms with Gasteiger partial charge >= 0.3 is 0 Å². The largest absolute Gasteiger partial charge is 0.482 e. The van der Waals surface area contributed by atoms with Crippen molar-refractivity contribution in [3.63, 3.8) is 0 Å². The lowest BCUT2D eigenvalue weighted by atomic mass is 10.3. The zero-order valence-corrected chi connectivity index (χ0v) is 9.95. The minimum absolute atomic E-state index is 0.793. The summed E-state index contributed by atoms with van der Waals surface area (Å²) >= 11 is 0. The number of fused-ring (bicyclic) bond motifs is 1. The molecule has 0 radical (unpaired) electrons. The molecular formula is C12H17N3O. The third-order valence-electron chi connectivity index (χ3n) is 2.62. The van der Waals surface area contributed by atoms with Crippen LogP contribution in [0.3, 0.4) is 0 Å². The first kappa shape index (κ1) is 11.0. The van der Waals surface area contributed by atoms with Crippen molar-refractivity contribution in [2.45, 2.75) is 20.4 Å². The summed E-state index contributed by atoms with van der Waals surface area (Å²) in [6.45, 7) is 5.82. The molecule has 0 atom stereocenters. The van der Waals surface area contributed by atoms with Crippen LogP contribution in [0, 0.1) is 6.92 Å². The Labute approximate surface area is 95.3 Å². The fourth-order valence-corrected chi connectivity index (χ4v) is 1.88. The number of ether oxygens (including phenoxy) is 1. The zero-order valence-electron chi connectivity index (χ0n) is 9.95. The van der Waals surface area contributed by atoms with Crippen LogP contribution >= 0.6 is 0 Å². The third-order valence-corrected chi connectivity index (χ3v) is 2.62. The molecule has 0 unspecified atom stereocenters. The van der Waals surface area contributed by atoms with Crippen LogP contribution in [-0.2, 0) is 6.54 Å². The summed E-state index contributed by atoms with van der Waals surface area (Å²) in [7, 11) is 1.68. The predicted molar refractivity (Wildman–Crippen MR) is 63.9 cm³/mol. The Morgan fingerprint density at radius 2 is 2.25 bits per heavy atom. The van der Waals surface area contributed by atoms with E-state index in [1.54, 1.807) is 7.11 Å². The molecule has 2 aromatic rings. The van der Waals surface area contributed by atoms with Crippen LogP contribution in [0.1, 0.15) is 18.4 Å². The topological polar surface area (TPSA) is 38.6 Å². The Kier molecular flexibility index (Phi) is 3.10. The van der Waals surface area contributed by atoms with Crippen molar-refractivity contribution in [1.29, 1.82) is 0 Å². The van der Waals surface area contributed by atoms with Crippen LogP contribution in [0.2, 0.25) is 0 Å². The molecule has 2 aromatic heterocycles.